The Morgan fingerprint density at radius 2 is 1.83 bits per heavy atom. The smallest absolute Gasteiger partial charge is 0.336 e. The predicted octanol–water partition coefficient (Wildman–Crippen LogP) is 4.27. The van der Waals surface area contributed by atoms with Crippen molar-refractivity contribution in [2.45, 2.75) is 33.4 Å². The average Bonchev–Trinajstić information content (AvgIpc) is 2.73. The molecule has 0 aliphatic rings. The van der Waals surface area contributed by atoms with Crippen LogP contribution < -0.4 is 11.2 Å². The first kappa shape index (κ1) is 20.3. The van der Waals surface area contributed by atoms with E-state index in [0.29, 0.717) is 47.0 Å². The summed E-state index contributed by atoms with van der Waals surface area (Å²) in [6, 6.07) is 12.5. The monoisotopic (exact) mass is 423 g/mol. The van der Waals surface area contributed by atoms with E-state index in [2.05, 4.69) is 14.9 Å². The van der Waals surface area contributed by atoms with Crippen LogP contribution in [-0.2, 0) is 19.5 Å². The van der Waals surface area contributed by atoms with Crippen LogP contribution in [0, 0.1) is 0 Å². The van der Waals surface area contributed by atoms with E-state index in [1.807, 2.05) is 44.2 Å². The molecule has 4 rings (SSSR count). The van der Waals surface area contributed by atoms with Gasteiger partial charge in [-0.15, -0.1) is 0 Å². The maximum atomic E-state index is 12.4. The fourth-order valence-electron chi connectivity index (χ4n) is 3.63. The zero-order valence-corrected chi connectivity index (χ0v) is 17.6. The largest absolute Gasteiger partial charge is 0.423 e. The third-order valence-corrected chi connectivity index (χ3v) is 5.61. The zero-order chi connectivity index (χ0) is 21.3. The first-order valence-corrected chi connectivity index (χ1v) is 10.3. The van der Waals surface area contributed by atoms with Crippen LogP contribution in [-0.4, -0.2) is 21.4 Å². The summed E-state index contributed by atoms with van der Waals surface area (Å²) in [5.41, 5.74) is 2.42. The maximum absolute atomic E-state index is 12.4. The highest BCUT2D eigenvalue weighted by atomic mass is 35.5. The summed E-state index contributed by atoms with van der Waals surface area (Å²) in [6.07, 6.45) is 0.755. The second-order valence-electron chi connectivity index (χ2n) is 7.22. The Morgan fingerprint density at radius 1 is 1.03 bits per heavy atom. The van der Waals surface area contributed by atoms with Gasteiger partial charge in [0.1, 0.15) is 11.4 Å². The molecule has 2 heterocycles. The number of para-hydroxylation sites is 1. The van der Waals surface area contributed by atoms with Gasteiger partial charge in [0, 0.05) is 23.0 Å². The van der Waals surface area contributed by atoms with Gasteiger partial charge in [0.25, 0.3) is 5.56 Å². The molecule has 1 N–H and O–H groups in total. The standard InChI is InChI=1S/C23H22ClN3O3/c1-3-14-9-20-17(11-18(14)24)15(10-22(28)30-20)12-27(4-2)13-21-25-19-8-6-5-7-16(19)23(29)26-21/h5-11H,3-4,12-13H2,1-2H3,(H,25,26,29). The molecule has 0 radical (unpaired) electrons. The molecule has 0 spiro atoms. The van der Waals surface area contributed by atoms with E-state index in [-0.39, 0.29) is 5.56 Å². The van der Waals surface area contributed by atoms with Gasteiger partial charge in [-0.2, -0.15) is 0 Å². The summed E-state index contributed by atoms with van der Waals surface area (Å²) in [7, 11) is 0. The number of rotatable bonds is 6. The Morgan fingerprint density at radius 3 is 2.60 bits per heavy atom. The number of benzene rings is 2. The molecule has 154 valence electrons. The lowest BCUT2D eigenvalue weighted by molar-refractivity contribution is 0.265. The number of aromatic amines is 1. The van der Waals surface area contributed by atoms with Crippen LogP contribution in [0.25, 0.3) is 21.9 Å². The van der Waals surface area contributed by atoms with Crippen LogP contribution in [0.2, 0.25) is 5.02 Å². The van der Waals surface area contributed by atoms with Gasteiger partial charge in [0.2, 0.25) is 0 Å². The lowest BCUT2D eigenvalue weighted by Crippen LogP contribution is -2.26. The summed E-state index contributed by atoms with van der Waals surface area (Å²) in [6.45, 7) is 5.68. The zero-order valence-electron chi connectivity index (χ0n) is 16.9. The van der Waals surface area contributed by atoms with Crippen molar-refractivity contribution in [3.8, 4) is 0 Å². The number of fused-ring (bicyclic) bond motifs is 2. The van der Waals surface area contributed by atoms with E-state index in [1.165, 1.54) is 6.07 Å². The lowest BCUT2D eigenvalue weighted by Gasteiger charge is -2.21. The molecular weight excluding hydrogens is 402 g/mol. The van der Waals surface area contributed by atoms with Crippen LogP contribution >= 0.6 is 11.6 Å². The van der Waals surface area contributed by atoms with Crippen molar-refractivity contribution >= 4 is 33.5 Å². The van der Waals surface area contributed by atoms with E-state index in [0.717, 1.165) is 22.9 Å². The molecule has 6 nitrogen and oxygen atoms in total. The van der Waals surface area contributed by atoms with Gasteiger partial charge < -0.3 is 9.40 Å². The summed E-state index contributed by atoms with van der Waals surface area (Å²) in [5, 5.41) is 2.04. The number of hydrogen-bond donors (Lipinski definition) is 1. The lowest BCUT2D eigenvalue weighted by atomic mass is 10.1. The highest BCUT2D eigenvalue weighted by Crippen LogP contribution is 2.27. The molecule has 0 saturated carbocycles. The van der Waals surface area contributed by atoms with Crippen molar-refractivity contribution in [3.63, 3.8) is 0 Å². The number of halogens is 1. The molecule has 2 aromatic carbocycles. The van der Waals surface area contributed by atoms with Crippen molar-refractivity contribution in [2.24, 2.45) is 0 Å². The Bertz CT molecular complexity index is 1340. The molecule has 0 bridgehead atoms. The third kappa shape index (κ3) is 4.01. The van der Waals surface area contributed by atoms with Crippen LogP contribution in [0.3, 0.4) is 0 Å². The van der Waals surface area contributed by atoms with Gasteiger partial charge in [0.05, 0.1) is 17.4 Å². The number of H-pyrrole nitrogens is 1. The van der Waals surface area contributed by atoms with Crippen molar-refractivity contribution in [3.05, 3.63) is 85.2 Å². The summed E-state index contributed by atoms with van der Waals surface area (Å²) in [5.74, 6) is 0.583. The molecule has 0 aliphatic carbocycles. The Balaban J connectivity index is 1.69. The summed E-state index contributed by atoms with van der Waals surface area (Å²) < 4.78 is 5.40. The molecule has 0 unspecified atom stereocenters. The molecule has 4 aromatic rings. The SMILES string of the molecule is CCc1cc2oc(=O)cc(CN(CC)Cc3nc4ccccc4c(=O)[nH]3)c2cc1Cl. The van der Waals surface area contributed by atoms with Crippen LogP contribution in [0.4, 0.5) is 0 Å². The van der Waals surface area contributed by atoms with Crippen LogP contribution in [0.15, 0.2) is 56.5 Å². The number of hydrogen-bond acceptors (Lipinski definition) is 5. The fraction of sp³-hybridized carbons (Fsp3) is 0.261. The van der Waals surface area contributed by atoms with E-state index in [1.54, 1.807) is 6.07 Å². The molecule has 0 saturated heterocycles. The molecule has 0 fully saturated rings. The molecule has 7 heteroatoms. The van der Waals surface area contributed by atoms with E-state index in [9.17, 15) is 9.59 Å². The Labute approximate surface area is 178 Å². The van der Waals surface area contributed by atoms with Gasteiger partial charge in [-0.1, -0.05) is 37.6 Å². The van der Waals surface area contributed by atoms with Gasteiger partial charge >= 0.3 is 5.63 Å². The highest BCUT2D eigenvalue weighted by molar-refractivity contribution is 6.32. The molecule has 2 aromatic heterocycles. The van der Waals surface area contributed by atoms with Gasteiger partial charge in [-0.3, -0.25) is 9.69 Å². The Hall–Kier alpha value is -2.96. The van der Waals surface area contributed by atoms with Crippen molar-refractivity contribution in [2.75, 3.05) is 6.54 Å². The Kier molecular flexibility index (Phi) is 5.70. The van der Waals surface area contributed by atoms with Crippen LogP contribution in [0.5, 0.6) is 0 Å². The minimum absolute atomic E-state index is 0.156. The first-order chi connectivity index (χ1) is 14.5. The topological polar surface area (TPSA) is 79.2 Å². The minimum atomic E-state index is -0.393. The second kappa shape index (κ2) is 8.42. The molecule has 0 amide bonds. The highest BCUT2D eigenvalue weighted by Gasteiger charge is 2.14. The van der Waals surface area contributed by atoms with E-state index >= 15 is 0 Å². The van der Waals surface area contributed by atoms with Crippen molar-refractivity contribution < 1.29 is 4.42 Å². The molecular formula is C23H22ClN3O3. The van der Waals surface area contributed by atoms with Gasteiger partial charge in [0.15, 0.2) is 0 Å². The molecule has 0 atom stereocenters. The fourth-order valence-corrected chi connectivity index (χ4v) is 3.93. The van der Waals surface area contributed by atoms with Crippen molar-refractivity contribution in [1.82, 2.24) is 14.9 Å². The number of nitrogens with one attached hydrogen (secondary N) is 1. The number of aryl methyl sites for hydroxylation is 1. The number of nitrogens with zero attached hydrogens (tertiary/aromatic N) is 2. The van der Waals surface area contributed by atoms with E-state index < -0.39 is 5.63 Å². The predicted molar refractivity (Wildman–Crippen MR) is 119 cm³/mol. The second-order valence-corrected chi connectivity index (χ2v) is 7.62. The maximum Gasteiger partial charge on any atom is 0.336 e. The van der Waals surface area contributed by atoms with Gasteiger partial charge in [-0.05, 0) is 48.4 Å². The van der Waals surface area contributed by atoms with E-state index in [4.69, 9.17) is 16.0 Å². The van der Waals surface area contributed by atoms with Crippen molar-refractivity contribution in [1.29, 1.82) is 0 Å². The number of aromatic nitrogens is 2. The third-order valence-electron chi connectivity index (χ3n) is 5.25. The van der Waals surface area contributed by atoms with Gasteiger partial charge in [-0.25, -0.2) is 9.78 Å². The summed E-state index contributed by atoms with van der Waals surface area (Å²) >= 11 is 6.41. The quantitative estimate of drug-likeness (QED) is 0.468. The minimum Gasteiger partial charge on any atom is -0.423 e. The van der Waals surface area contributed by atoms with Crippen LogP contribution in [0.1, 0.15) is 30.8 Å². The normalized spacial score (nSPS) is 11.6. The first-order valence-electron chi connectivity index (χ1n) is 9.94. The average molecular weight is 424 g/mol. The molecule has 30 heavy (non-hydrogen) atoms. The summed E-state index contributed by atoms with van der Waals surface area (Å²) in [4.78, 5) is 34.0. The molecule has 0 aliphatic heterocycles.